The van der Waals surface area contributed by atoms with E-state index in [-0.39, 0.29) is 0 Å². The normalized spacial score (nSPS) is 9.86. The Balaban J connectivity index is 2.20. The first-order chi connectivity index (χ1) is 10.7. The highest BCUT2D eigenvalue weighted by Gasteiger charge is 2.13. The molecule has 0 aliphatic rings. The Morgan fingerprint density at radius 3 is 2.68 bits per heavy atom. The van der Waals surface area contributed by atoms with Gasteiger partial charge in [0.25, 0.3) is 0 Å². The van der Waals surface area contributed by atoms with Crippen LogP contribution in [0.1, 0.15) is 17.3 Å². The van der Waals surface area contributed by atoms with Gasteiger partial charge in [-0.25, -0.2) is 4.79 Å². The van der Waals surface area contributed by atoms with Crippen molar-refractivity contribution < 1.29 is 19.0 Å². The summed E-state index contributed by atoms with van der Waals surface area (Å²) in [6, 6.07) is 14.2. The minimum Gasteiger partial charge on any atom is -0.489 e. The fourth-order valence-electron chi connectivity index (χ4n) is 1.84. The molecule has 114 valence electrons. The number of para-hydroxylation sites is 1. The summed E-state index contributed by atoms with van der Waals surface area (Å²) in [5.74, 6) is 1.29. The third-order valence-corrected chi connectivity index (χ3v) is 2.78. The molecule has 0 spiro atoms. The summed E-state index contributed by atoms with van der Waals surface area (Å²) in [6.45, 7) is 6.11. The van der Waals surface area contributed by atoms with Crippen molar-refractivity contribution in [2.45, 2.75) is 6.92 Å². The van der Waals surface area contributed by atoms with Gasteiger partial charge in [0.2, 0.25) is 0 Å². The number of benzene rings is 2. The highest BCUT2D eigenvalue weighted by atomic mass is 16.5. The van der Waals surface area contributed by atoms with Crippen LogP contribution < -0.4 is 9.47 Å². The molecule has 0 radical (unpaired) electrons. The predicted molar refractivity (Wildman–Crippen MR) is 84.6 cm³/mol. The van der Waals surface area contributed by atoms with E-state index in [9.17, 15) is 4.79 Å². The molecule has 4 nitrogen and oxygen atoms in total. The van der Waals surface area contributed by atoms with Crippen LogP contribution in [0.25, 0.3) is 0 Å². The molecular formula is C18H18O4. The maximum absolute atomic E-state index is 11.9. The Morgan fingerprint density at radius 2 is 1.91 bits per heavy atom. The molecule has 0 bridgehead atoms. The Kier molecular flexibility index (Phi) is 5.60. The van der Waals surface area contributed by atoms with E-state index < -0.39 is 5.97 Å². The Labute approximate surface area is 129 Å². The van der Waals surface area contributed by atoms with E-state index in [2.05, 4.69) is 6.58 Å². The molecule has 0 amide bonds. The molecular weight excluding hydrogens is 280 g/mol. The maximum atomic E-state index is 11.9. The van der Waals surface area contributed by atoms with E-state index in [0.717, 1.165) is 0 Å². The molecule has 2 aromatic carbocycles. The van der Waals surface area contributed by atoms with Crippen molar-refractivity contribution in [1.29, 1.82) is 0 Å². The number of rotatable bonds is 7. The van der Waals surface area contributed by atoms with Crippen LogP contribution in [0.2, 0.25) is 0 Å². The van der Waals surface area contributed by atoms with Gasteiger partial charge in [-0.05, 0) is 31.2 Å². The lowest BCUT2D eigenvalue weighted by Crippen LogP contribution is -2.06. The second-order valence-electron chi connectivity index (χ2n) is 4.39. The summed E-state index contributed by atoms with van der Waals surface area (Å²) < 4.78 is 16.3. The molecule has 0 heterocycles. The topological polar surface area (TPSA) is 44.8 Å². The predicted octanol–water partition coefficient (Wildman–Crippen LogP) is 4.22. The average Bonchev–Trinajstić information content (AvgIpc) is 2.54. The summed E-state index contributed by atoms with van der Waals surface area (Å²) >= 11 is 0. The summed E-state index contributed by atoms with van der Waals surface area (Å²) in [6.07, 6.45) is 1.67. The monoisotopic (exact) mass is 298 g/mol. The van der Waals surface area contributed by atoms with Crippen LogP contribution in [0.4, 0.5) is 0 Å². The summed E-state index contributed by atoms with van der Waals surface area (Å²) in [7, 11) is 0. The van der Waals surface area contributed by atoms with E-state index in [4.69, 9.17) is 14.2 Å². The van der Waals surface area contributed by atoms with Crippen molar-refractivity contribution in [3.05, 3.63) is 66.7 Å². The summed E-state index contributed by atoms with van der Waals surface area (Å²) in [5, 5.41) is 0. The fourth-order valence-corrected chi connectivity index (χ4v) is 1.84. The van der Waals surface area contributed by atoms with E-state index in [1.165, 1.54) is 0 Å². The lowest BCUT2D eigenvalue weighted by atomic mass is 10.2. The first-order valence-electron chi connectivity index (χ1n) is 7.02. The van der Waals surface area contributed by atoms with Crippen molar-refractivity contribution >= 4 is 5.97 Å². The zero-order valence-electron chi connectivity index (χ0n) is 12.5. The van der Waals surface area contributed by atoms with Crippen LogP contribution in [0.3, 0.4) is 0 Å². The molecule has 0 aromatic heterocycles. The van der Waals surface area contributed by atoms with Crippen molar-refractivity contribution in [2.75, 3.05) is 13.2 Å². The van der Waals surface area contributed by atoms with Crippen LogP contribution in [0, 0.1) is 0 Å². The van der Waals surface area contributed by atoms with Crippen LogP contribution in [-0.2, 0) is 4.74 Å². The van der Waals surface area contributed by atoms with Crippen molar-refractivity contribution in [2.24, 2.45) is 0 Å². The van der Waals surface area contributed by atoms with Gasteiger partial charge in [0.15, 0.2) is 0 Å². The van der Waals surface area contributed by atoms with Gasteiger partial charge < -0.3 is 14.2 Å². The lowest BCUT2D eigenvalue weighted by Gasteiger charge is -2.11. The van der Waals surface area contributed by atoms with Gasteiger partial charge in [0, 0.05) is 6.07 Å². The molecule has 0 saturated carbocycles. The second-order valence-corrected chi connectivity index (χ2v) is 4.39. The van der Waals surface area contributed by atoms with E-state index in [1.807, 2.05) is 12.1 Å². The van der Waals surface area contributed by atoms with Crippen LogP contribution in [0.15, 0.2) is 61.2 Å². The molecule has 0 N–H and O–H groups in total. The molecule has 2 aromatic rings. The Bertz CT molecular complexity index is 649. The molecule has 0 aliphatic carbocycles. The molecule has 0 fully saturated rings. The largest absolute Gasteiger partial charge is 0.489 e. The number of carbonyl (C=O) groups is 1. The Morgan fingerprint density at radius 1 is 1.14 bits per heavy atom. The number of hydrogen-bond acceptors (Lipinski definition) is 4. The molecule has 0 unspecified atom stereocenters. The zero-order valence-corrected chi connectivity index (χ0v) is 12.5. The van der Waals surface area contributed by atoms with Crippen LogP contribution in [0.5, 0.6) is 17.2 Å². The smallest absolute Gasteiger partial charge is 0.341 e. The molecule has 0 atom stereocenters. The van der Waals surface area contributed by atoms with Crippen molar-refractivity contribution in [3.8, 4) is 17.2 Å². The van der Waals surface area contributed by atoms with Gasteiger partial charge in [-0.2, -0.15) is 0 Å². The maximum Gasteiger partial charge on any atom is 0.341 e. The highest BCUT2D eigenvalue weighted by molar-refractivity contribution is 5.92. The first kappa shape index (κ1) is 15.6. The first-order valence-corrected chi connectivity index (χ1v) is 7.02. The molecule has 22 heavy (non-hydrogen) atoms. The summed E-state index contributed by atoms with van der Waals surface area (Å²) in [5.41, 5.74) is 0.391. The third kappa shape index (κ3) is 4.12. The molecule has 4 heteroatoms. The van der Waals surface area contributed by atoms with E-state index in [1.54, 1.807) is 49.4 Å². The zero-order chi connectivity index (χ0) is 15.8. The highest BCUT2D eigenvalue weighted by Crippen LogP contribution is 2.28. The fraction of sp³-hybridized carbons (Fsp3) is 0.167. The second kappa shape index (κ2) is 7.88. The minimum atomic E-state index is -0.405. The van der Waals surface area contributed by atoms with E-state index >= 15 is 0 Å². The SMILES string of the molecule is C=CCOc1cccc(Oc2ccccc2C(=O)OCC)c1. The van der Waals surface area contributed by atoms with Crippen molar-refractivity contribution in [1.82, 2.24) is 0 Å². The van der Waals surface area contributed by atoms with Gasteiger partial charge in [-0.15, -0.1) is 0 Å². The van der Waals surface area contributed by atoms with Crippen LogP contribution in [-0.4, -0.2) is 19.2 Å². The van der Waals surface area contributed by atoms with Gasteiger partial charge in [-0.3, -0.25) is 0 Å². The number of hydrogen-bond donors (Lipinski definition) is 0. The van der Waals surface area contributed by atoms with E-state index in [0.29, 0.717) is 36.0 Å². The minimum absolute atomic E-state index is 0.318. The number of ether oxygens (including phenoxy) is 3. The molecule has 0 saturated heterocycles. The van der Waals surface area contributed by atoms with Gasteiger partial charge in [-0.1, -0.05) is 30.9 Å². The average molecular weight is 298 g/mol. The lowest BCUT2D eigenvalue weighted by molar-refractivity contribution is 0.0523. The Hall–Kier alpha value is -2.75. The van der Waals surface area contributed by atoms with Gasteiger partial charge >= 0.3 is 5.97 Å². The number of esters is 1. The molecule has 0 aliphatic heterocycles. The van der Waals surface area contributed by atoms with Crippen molar-refractivity contribution in [3.63, 3.8) is 0 Å². The quantitative estimate of drug-likeness (QED) is 0.567. The van der Waals surface area contributed by atoms with Gasteiger partial charge in [0.1, 0.15) is 29.4 Å². The van der Waals surface area contributed by atoms with Gasteiger partial charge in [0.05, 0.1) is 6.61 Å². The molecule has 2 rings (SSSR count). The summed E-state index contributed by atoms with van der Waals surface area (Å²) in [4.78, 5) is 11.9. The number of carbonyl (C=O) groups excluding carboxylic acids is 1. The standard InChI is InChI=1S/C18H18O4/c1-3-12-21-14-8-7-9-15(13-14)22-17-11-6-5-10-16(17)18(19)20-4-2/h3,5-11,13H,1,4,12H2,2H3. The third-order valence-electron chi connectivity index (χ3n) is 2.78. The van der Waals surface area contributed by atoms with Crippen LogP contribution >= 0.6 is 0 Å².